The molecule has 1 heterocycles. The van der Waals surface area contributed by atoms with Crippen LogP contribution in [0.1, 0.15) is 30.0 Å². The molecule has 0 aliphatic carbocycles. The molecular weight excluding hydrogens is 218 g/mol. The molecule has 0 saturated carbocycles. The highest BCUT2D eigenvalue weighted by atomic mass is 14.8. The van der Waals surface area contributed by atoms with Crippen molar-refractivity contribution in [3.8, 4) is 11.1 Å². The molecule has 1 heteroatoms. The summed E-state index contributed by atoms with van der Waals surface area (Å²) in [5.74, 6) is 0. The van der Waals surface area contributed by atoms with Crippen molar-refractivity contribution in [3.05, 3.63) is 59.7 Å². The second-order valence-electron chi connectivity index (χ2n) is 4.94. The van der Waals surface area contributed by atoms with Gasteiger partial charge in [-0.25, -0.2) is 4.99 Å². The maximum absolute atomic E-state index is 3.42. The third-order valence-electron chi connectivity index (χ3n) is 3.69. The van der Waals surface area contributed by atoms with Gasteiger partial charge in [0.2, 0.25) is 0 Å². The van der Waals surface area contributed by atoms with Gasteiger partial charge in [0.05, 0.1) is 0 Å². The molecule has 0 amide bonds. The molecule has 0 bridgehead atoms. The molecule has 1 N–H and O–H groups in total. The zero-order valence-corrected chi connectivity index (χ0v) is 10.7. The SMILES string of the molecule is Cc1ccccc1-c1ccc(C2CCC=[NH+]2)cc1. The molecule has 0 fully saturated rings. The summed E-state index contributed by atoms with van der Waals surface area (Å²) in [7, 11) is 0. The maximum Gasteiger partial charge on any atom is 0.176 e. The molecule has 18 heavy (non-hydrogen) atoms. The van der Waals surface area contributed by atoms with Crippen LogP contribution in [0.4, 0.5) is 0 Å². The van der Waals surface area contributed by atoms with E-state index in [1.807, 2.05) is 0 Å². The summed E-state index contributed by atoms with van der Waals surface area (Å²) in [6.07, 6.45) is 4.55. The standard InChI is InChI=1S/C17H17N/c1-13-5-2-3-6-16(13)14-8-10-15(11-9-14)17-7-4-12-18-17/h2-3,5-6,8-12,17H,4,7H2,1H3/p+1. The largest absolute Gasteiger partial charge is 0.245 e. The van der Waals surface area contributed by atoms with Gasteiger partial charge in [-0.05, 0) is 23.6 Å². The van der Waals surface area contributed by atoms with E-state index in [4.69, 9.17) is 0 Å². The first kappa shape index (κ1) is 11.2. The molecular formula is C17H18N+. The summed E-state index contributed by atoms with van der Waals surface area (Å²) >= 11 is 0. The minimum atomic E-state index is 0.510. The number of hydrogen-bond donors (Lipinski definition) is 1. The van der Waals surface area contributed by atoms with Gasteiger partial charge in [0, 0.05) is 18.4 Å². The number of rotatable bonds is 2. The molecule has 0 saturated heterocycles. The Morgan fingerprint density at radius 2 is 1.78 bits per heavy atom. The molecule has 1 aliphatic rings. The average molecular weight is 236 g/mol. The fourth-order valence-electron chi connectivity index (χ4n) is 2.61. The minimum absolute atomic E-state index is 0.510. The highest BCUT2D eigenvalue weighted by Gasteiger charge is 2.18. The molecule has 2 aromatic rings. The van der Waals surface area contributed by atoms with Gasteiger partial charge >= 0.3 is 0 Å². The van der Waals surface area contributed by atoms with E-state index in [2.05, 4.69) is 66.7 Å². The Labute approximate surface area is 108 Å². The Hall–Kier alpha value is -1.89. The predicted molar refractivity (Wildman–Crippen MR) is 75.6 cm³/mol. The van der Waals surface area contributed by atoms with Gasteiger partial charge in [0.25, 0.3) is 0 Å². The zero-order chi connectivity index (χ0) is 12.4. The molecule has 1 unspecified atom stereocenters. The third kappa shape index (κ3) is 2.08. The number of hydrogen-bond acceptors (Lipinski definition) is 0. The predicted octanol–water partition coefficient (Wildman–Crippen LogP) is 2.65. The van der Waals surface area contributed by atoms with Crippen LogP contribution in [0.2, 0.25) is 0 Å². The number of aryl methyl sites for hydroxylation is 1. The van der Waals surface area contributed by atoms with Gasteiger partial charge in [-0.3, -0.25) is 0 Å². The van der Waals surface area contributed by atoms with E-state index in [0.29, 0.717) is 6.04 Å². The van der Waals surface area contributed by atoms with Crippen LogP contribution in [-0.4, -0.2) is 6.21 Å². The van der Waals surface area contributed by atoms with Gasteiger partial charge in [-0.1, -0.05) is 48.5 Å². The molecule has 1 aliphatic heterocycles. The Morgan fingerprint density at radius 1 is 1.00 bits per heavy atom. The fourth-order valence-corrected chi connectivity index (χ4v) is 2.61. The summed E-state index contributed by atoms with van der Waals surface area (Å²) < 4.78 is 0. The average Bonchev–Trinajstić information content (AvgIpc) is 2.94. The van der Waals surface area contributed by atoms with Crippen molar-refractivity contribution in [2.24, 2.45) is 0 Å². The van der Waals surface area contributed by atoms with Crippen LogP contribution in [0.15, 0.2) is 48.5 Å². The van der Waals surface area contributed by atoms with Gasteiger partial charge in [-0.2, -0.15) is 0 Å². The molecule has 0 radical (unpaired) electrons. The number of nitrogens with one attached hydrogen (secondary N) is 1. The normalized spacial score (nSPS) is 18.2. The van der Waals surface area contributed by atoms with Crippen molar-refractivity contribution in [2.75, 3.05) is 0 Å². The highest BCUT2D eigenvalue weighted by molar-refractivity contribution is 5.67. The van der Waals surface area contributed by atoms with E-state index < -0.39 is 0 Å². The van der Waals surface area contributed by atoms with Crippen molar-refractivity contribution in [1.82, 2.24) is 0 Å². The van der Waals surface area contributed by atoms with Crippen molar-refractivity contribution in [1.29, 1.82) is 0 Å². The van der Waals surface area contributed by atoms with E-state index in [1.165, 1.54) is 35.1 Å². The van der Waals surface area contributed by atoms with E-state index in [-0.39, 0.29) is 0 Å². The van der Waals surface area contributed by atoms with Gasteiger partial charge in [0.1, 0.15) is 6.21 Å². The van der Waals surface area contributed by atoms with E-state index >= 15 is 0 Å². The van der Waals surface area contributed by atoms with Gasteiger partial charge in [-0.15, -0.1) is 0 Å². The van der Waals surface area contributed by atoms with Crippen molar-refractivity contribution >= 4 is 6.21 Å². The van der Waals surface area contributed by atoms with Crippen LogP contribution < -0.4 is 4.99 Å². The summed E-state index contributed by atoms with van der Waals surface area (Å²) in [4.78, 5) is 3.42. The second kappa shape index (κ2) is 4.77. The summed E-state index contributed by atoms with van der Waals surface area (Å²) in [6, 6.07) is 18.0. The first-order chi connectivity index (χ1) is 8.84. The summed E-state index contributed by atoms with van der Waals surface area (Å²) in [5.41, 5.74) is 5.35. The zero-order valence-electron chi connectivity index (χ0n) is 10.7. The van der Waals surface area contributed by atoms with E-state index in [0.717, 1.165) is 0 Å². The Bertz CT molecular complexity index is 566. The molecule has 3 rings (SSSR count). The molecule has 0 aromatic heterocycles. The Morgan fingerprint density at radius 3 is 2.44 bits per heavy atom. The van der Waals surface area contributed by atoms with E-state index in [1.54, 1.807) is 0 Å². The van der Waals surface area contributed by atoms with Crippen LogP contribution in [0.25, 0.3) is 11.1 Å². The number of benzene rings is 2. The van der Waals surface area contributed by atoms with Gasteiger partial charge in [0.15, 0.2) is 6.04 Å². The Balaban J connectivity index is 1.91. The lowest BCUT2D eigenvalue weighted by Gasteiger charge is -2.07. The van der Waals surface area contributed by atoms with Crippen LogP contribution in [0.5, 0.6) is 0 Å². The van der Waals surface area contributed by atoms with Crippen LogP contribution in [0.3, 0.4) is 0 Å². The molecule has 1 nitrogen and oxygen atoms in total. The highest BCUT2D eigenvalue weighted by Crippen LogP contribution is 2.25. The van der Waals surface area contributed by atoms with Crippen molar-refractivity contribution in [3.63, 3.8) is 0 Å². The van der Waals surface area contributed by atoms with Crippen molar-refractivity contribution < 1.29 is 4.99 Å². The molecule has 0 spiro atoms. The minimum Gasteiger partial charge on any atom is -0.245 e. The summed E-state index contributed by atoms with van der Waals surface area (Å²) in [5, 5.41) is 0. The van der Waals surface area contributed by atoms with Crippen molar-refractivity contribution in [2.45, 2.75) is 25.8 Å². The first-order valence-electron chi connectivity index (χ1n) is 6.58. The van der Waals surface area contributed by atoms with Crippen LogP contribution in [-0.2, 0) is 0 Å². The fraction of sp³-hybridized carbons (Fsp3) is 0.235. The second-order valence-corrected chi connectivity index (χ2v) is 4.94. The smallest absolute Gasteiger partial charge is 0.176 e. The maximum atomic E-state index is 3.42. The molecule has 90 valence electrons. The monoisotopic (exact) mass is 236 g/mol. The third-order valence-corrected chi connectivity index (χ3v) is 3.69. The van der Waals surface area contributed by atoms with Crippen LogP contribution >= 0.6 is 0 Å². The van der Waals surface area contributed by atoms with Gasteiger partial charge < -0.3 is 0 Å². The lowest BCUT2D eigenvalue weighted by molar-refractivity contribution is -0.495. The van der Waals surface area contributed by atoms with Crippen LogP contribution in [0, 0.1) is 6.92 Å². The molecule has 2 aromatic carbocycles. The lowest BCUT2D eigenvalue weighted by atomic mass is 9.97. The lowest BCUT2D eigenvalue weighted by Crippen LogP contribution is -2.67. The summed E-state index contributed by atoms with van der Waals surface area (Å²) in [6.45, 7) is 2.16. The molecule has 1 atom stereocenters. The first-order valence-corrected chi connectivity index (χ1v) is 6.58. The van der Waals surface area contributed by atoms with E-state index in [9.17, 15) is 0 Å². The topological polar surface area (TPSA) is 14.0 Å². The Kier molecular flexibility index (Phi) is 2.97. The quantitative estimate of drug-likeness (QED) is 0.824.